The standard InChI is InChI=1S/C29H27F4N3O6S2/c1-2-44(39,40)22-10-3-18(4-11-22)24(16-37)35-27(38)19-5-12-23(34-15-19)26-25(17-41-14-13-30)43-28(36-26)42-21-8-6-20(7-9-21)29(31,32)33/h3-12,15,24,37H,2,13-14,16-17H2,1H3,(H,35,38)/t24-/m0/s1. The molecule has 234 valence electrons. The van der Waals surface area contributed by atoms with Gasteiger partial charge in [-0.1, -0.05) is 30.4 Å². The summed E-state index contributed by atoms with van der Waals surface area (Å²) in [5, 5.41) is 12.6. The number of benzene rings is 2. The first kappa shape index (κ1) is 33.0. The average Bonchev–Trinajstić information content (AvgIpc) is 3.42. The highest BCUT2D eigenvalue weighted by Crippen LogP contribution is 2.36. The van der Waals surface area contributed by atoms with Crippen LogP contribution < -0.4 is 10.1 Å². The molecule has 2 aromatic heterocycles. The number of amides is 1. The lowest BCUT2D eigenvalue weighted by Gasteiger charge is -2.17. The Labute approximate surface area is 254 Å². The van der Waals surface area contributed by atoms with Gasteiger partial charge in [0.1, 0.15) is 18.1 Å². The summed E-state index contributed by atoms with van der Waals surface area (Å²) in [6.45, 7) is 0.183. The van der Waals surface area contributed by atoms with Crippen molar-refractivity contribution in [3.63, 3.8) is 0 Å². The van der Waals surface area contributed by atoms with Gasteiger partial charge in [-0.3, -0.25) is 9.78 Å². The molecule has 0 aliphatic heterocycles. The molecular weight excluding hydrogens is 626 g/mol. The maximum Gasteiger partial charge on any atom is 0.416 e. The van der Waals surface area contributed by atoms with Crippen molar-refractivity contribution in [3.05, 3.63) is 88.4 Å². The molecule has 0 unspecified atom stereocenters. The second-order valence-corrected chi connectivity index (χ2v) is 12.6. The Kier molecular flexibility index (Phi) is 10.7. The fraction of sp³-hybridized carbons (Fsp3) is 0.276. The van der Waals surface area contributed by atoms with Crippen molar-refractivity contribution < 1.29 is 45.4 Å². The molecule has 1 atom stereocenters. The van der Waals surface area contributed by atoms with Gasteiger partial charge in [-0.2, -0.15) is 13.2 Å². The Morgan fingerprint density at radius 2 is 1.77 bits per heavy atom. The number of sulfone groups is 1. The van der Waals surface area contributed by atoms with Crippen molar-refractivity contribution in [1.82, 2.24) is 15.3 Å². The smallest absolute Gasteiger partial charge is 0.416 e. The van der Waals surface area contributed by atoms with Crippen LogP contribution in [0.25, 0.3) is 11.4 Å². The second kappa shape index (κ2) is 14.2. The van der Waals surface area contributed by atoms with Crippen molar-refractivity contribution in [2.75, 3.05) is 25.6 Å². The van der Waals surface area contributed by atoms with E-state index >= 15 is 0 Å². The molecule has 44 heavy (non-hydrogen) atoms. The lowest BCUT2D eigenvalue weighted by Crippen LogP contribution is -2.30. The van der Waals surface area contributed by atoms with E-state index in [1.165, 1.54) is 49.5 Å². The first-order valence-corrected chi connectivity index (χ1v) is 15.6. The highest BCUT2D eigenvalue weighted by Gasteiger charge is 2.30. The minimum Gasteiger partial charge on any atom is -0.431 e. The third kappa shape index (κ3) is 8.16. The highest BCUT2D eigenvalue weighted by molar-refractivity contribution is 7.91. The number of pyridine rings is 1. The molecule has 4 aromatic rings. The number of alkyl halides is 4. The Balaban J connectivity index is 1.50. The molecule has 2 aromatic carbocycles. The summed E-state index contributed by atoms with van der Waals surface area (Å²) in [6, 6.07) is 12.1. The van der Waals surface area contributed by atoms with Gasteiger partial charge in [0.15, 0.2) is 9.84 Å². The minimum absolute atomic E-state index is 0.0340. The summed E-state index contributed by atoms with van der Waals surface area (Å²) in [6.07, 6.45) is -3.20. The number of thiazole rings is 1. The Bertz CT molecular complexity index is 1660. The highest BCUT2D eigenvalue weighted by atomic mass is 32.2. The van der Waals surface area contributed by atoms with Crippen LogP contribution >= 0.6 is 11.3 Å². The summed E-state index contributed by atoms with van der Waals surface area (Å²) in [5.41, 5.74) is 0.470. The molecule has 1 amide bonds. The zero-order chi connectivity index (χ0) is 31.9. The third-order valence-corrected chi connectivity index (χ3v) is 8.95. The quantitative estimate of drug-likeness (QED) is 0.138. The molecule has 4 rings (SSSR count). The van der Waals surface area contributed by atoms with Gasteiger partial charge in [0.05, 0.1) is 58.2 Å². The van der Waals surface area contributed by atoms with Gasteiger partial charge >= 0.3 is 6.18 Å². The van der Waals surface area contributed by atoms with Gasteiger partial charge in [0, 0.05) is 6.20 Å². The number of carbonyl (C=O) groups excluding carboxylic acids is 1. The Hall–Kier alpha value is -3.92. The van der Waals surface area contributed by atoms with Gasteiger partial charge in [-0.25, -0.2) is 17.8 Å². The van der Waals surface area contributed by atoms with Gasteiger partial charge in [-0.05, 0) is 54.1 Å². The van der Waals surface area contributed by atoms with E-state index in [0.29, 0.717) is 21.8 Å². The van der Waals surface area contributed by atoms with Crippen molar-refractivity contribution in [2.24, 2.45) is 0 Å². The van der Waals surface area contributed by atoms with Crippen LogP contribution in [0, 0.1) is 0 Å². The predicted molar refractivity (Wildman–Crippen MR) is 154 cm³/mol. The summed E-state index contributed by atoms with van der Waals surface area (Å²) in [5.74, 6) is -0.491. The first-order chi connectivity index (χ1) is 20.9. The number of halogens is 4. The summed E-state index contributed by atoms with van der Waals surface area (Å²) < 4.78 is 86.3. The van der Waals surface area contributed by atoms with Crippen LogP contribution in [0.3, 0.4) is 0 Å². The molecular formula is C29H27F4N3O6S2. The van der Waals surface area contributed by atoms with Gasteiger partial charge in [-0.15, -0.1) is 0 Å². The van der Waals surface area contributed by atoms with Gasteiger partial charge in [0.2, 0.25) is 0 Å². The molecule has 15 heteroatoms. The van der Waals surface area contributed by atoms with E-state index in [-0.39, 0.29) is 40.4 Å². The number of carbonyl (C=O) groups is 1. The van der Waals surface area contributed by atoms with E-state index in [2.05, 4.69) is 15.3 Å². The molecule has 0 bridgehead atoms. The van der Waals surface area contributed by atoms with Crippen molar-refractivity contribution in [2.45, 2.75) is 30.6 Å². The Morgan fingerprint density at radius 3 is 2.34 bits per heavy atom. The number of aromatic nitrogens is 2. The minimum atomic E-state index is -4.49. The van der Waals surface area contributed by atoms with Crippen LogP contribution in [0.2, 0.25) is 0 Å². The molecule has 0 radical (unpaired) electrons. The van der Waals surface area contributed by atoms with Crippen molar-refractivity contribution in [3.8, 4) is 22.3 Å². The first-order valence-electron chi connectivity index (χ1n) is 13.1. The lowest BCUT2D eigenvalue weighted by molar-refractivity contribution is -0.137. The number of hydrogen-bond donors (Lipinski definition) is 2. The van der Waals surface area contributed by atoms with Crippen LogP contribution in [-0.4, -0.2) is 55.0 Å². The van der Waals surface area contributed by atoms with Crippen LogP contribution in [-0.2, 0) is 27.4 Å². The molecule has 2 N–H and O–H groups in total. The fourth-order valence-corrected chi connectivity index (χ4v) is 5.68. The molecule has 0 saturated carbocycles. The molecule has 0 aliphatic carbocycles. The zero-order valence-corrected chi connectivity index (χ0v) is 24.8. The zero-order valence-electron chi connectivity index (χ0n) is 23.2. The molecule has 0 aliphatic rings. The monoisotopic (exact) mass is 653 g/mol. The number of ether oxygens (including phenoxy) is 2. The summed E-state index contributed by atoms with van der Waals surface area (Å²) in [4.78, 5) is 22.3. The summed E-state index contributed by atoms with van der Waals surface area (Å²) in [7, 11) is -3.40. The number of aliphatic hydroxyl groups excluding tert-OH is 1. The predicted octanol–water partition coefficient (Wildman–Crippen LogP) is 5.76. The maximum atomic E-state index is 12.9. The molecule has 0 saturated heterocycles. The molecule has 2 heterocycles. The van der Waals surface area contributed by atoms with Crippen LogP contribution in [0.15, 0.2) is 71.8 Å². The number of rotatable bonds is 13. The molecule has 9 nitrogen and oxygen atoms in total. The van der Waals surface area contributed by atoms with Crippen LogP contribution in [0.1, 0.15) is 39.3 Å². The number of hydrogen-bond acceptors (Lipinski definition) is 9. The normalized spacial score (nSPS) is 12.6. The van der Waals surface area contributed by atoms with Crippen LogP contribution in [0.5, 0.6) is 10.9 Å². The van der Waals surface area contributed by atoms with E-state index in [1.54, 1.807) is 0 Å². The summed E-state index contributed by atoms with van der Waals surface area (Å²) >= 11 is 1.04. The number of nitrogens with zero attached hydrogens (tertiary/aromatic N) is 2. The average molecular weight is 654 g/mol. The van der Waals surface area contributed by atoms with Gasteiger partial charge in [0.25, 0.3) is 11.1 Å². The SMILES string of the molecule is CCS(=O)(=O)c1ccc([C@H](CO)NC(=O)c2ccc(-c3nc(Oc4ccc(C(F)(F)F)cc4)sc3COCCF)nc2)cc1. The molecule has 0 fully saturated rings. The third-order valence-electron chi connectivity index (χ3n) is 6.30. The van der Waals surface area contributed by atoms with E-state index in [4.69, 9.17) is 9.47 Å². The van der Waals surface area contributed by atoms with Crippen LogP contribution in [0.4, 0.5) is 17.6 Å². The number of aliphatic hydroxyl groups is 1. The van der Waals surface area contributed by atoms with Crippen molar-refractivity contribution >= 4 is 27.1 Å². The fourth-order valence-electron chi connectivity index (χ4n) is 3.92. The van der Waals surface area contributed by atoms with E-state index in [0.717, 1.165) is 35.6 Å². The molecule has 0 spiro atoms. The second-order valence-electron chi connectivity index (χ2n) is 9.23. The van der Waals surface area contributed by atoms with E-state index < -0.39 is 46.8 Å². The number of nitrogens with one attached hydrogen (secondary N) is 1. The topological polar surface area (TPSA) is 128 Å². The van der Waals surface area contributed by atoms with E-state index in [1.807, 2.05) is 0 Å². The largest absolute Gasteiger partial charge is 0.431 e. The van der Waals surface area contributed by atoms with Crippen molar-refractivity contribution in [1.29, 1.82) is 0 Å². The van der Waals surface area contributed by atoms with Gasteiger partial charge < -0.3 is 19.9 Å². The Morgan fingerprint density at radius 1 is 1.07 bits per heavy atom. The lowest BCUT2D eigenvalue weighted by atomic mass is 10.1. The van der Waals surface area contributed by atoms with E-state index in [9.17, 15) is 35.9 Å². The maximum absolute atomic E-state index is 12.9.